The molecule has 2 N–H and O–H groups in total. The third-order valence-electron chi connectivity index (χ3n) is 5.57. The maximum absolute atomic E-state index is 12.7. The fraction of sp³-hybridized carbons (Fsp3) is 0.160. The van der Waals surface area contributed by atoms with Crippen molar-refractivity contribution in [2.75, 3.05) is 7.05 Å². The Bertz CT molecular complexity index is 1330. The number of hydrogen-bond acceptors (Lipinski definition) is 3. The van der Waals surface area contributed by atoms with Crippen LogP contribution in [0.3, 0.4) is 0 Å². The Morgan fingerprint density at radius 1 is 0.968 bits per heavy atom. The lowest BCUT2D eigenvalue weighted by Crippen LogP contribution is -2.26. The molecule has 0 radical (unpaired) electrons. The summed E-state index contributed by atoms with van der Waals surface area (Å²) in [5.41, 5.74) is 6.20. The number of nitrogens with one attached hydrogen (secondary N) is 2. The lowest BCUT2D eigenvalue weighted by Gasteiger charge is -2.17. The maximum Gasteiger partial charge on any atom is 0.222 e. The van der Waals surface area contributed by atoms with Gasteiger partial charge in [-0.3, -0.25) is 9.89 Å². The average Bonchev–Trinajstić information content (AvgIpc) is 3.44. The molecule has 0 fully saturated rings. The molecule has 0 aliphatic carbocycles. The van der Waals surface area contributed by atoms with Crippen LogP contribution in [0.1, 0.15) is 17.5 Å². The van der Waals surface area contributed by atoms with Gasteiger partial charge in [0.05, 0.1) is 22.7 Å². The van der Waals surface area contributed by atoms with Crippen LogP contribution in [-0.2, 0) is 17.8 Å². The molecule has 0 aliphatic heterocycles. The second-order valence-electron chi connectivity index (χ2n) is 7.84. The topological polar surface area (TPSA) is 77.7 Å². The Hall–Kier alpha value is -3.93. The van der Waals surface area contributed by atoms with Crippen molar-refractivity contribution in [3.63, 3.8) is 0 Å². The van der Waals surface area contributed by atoms with Gasteiger partial charge in [0, 0.05) is 31.0 Å². The van der Waals surface area contributed by atoms with Gasteiger partial charge in [-0.15, -0.1) is 0 Å². The minimum absolute atomic E-state index is 0.124. The Kier molecular flexibility index (Phi) is 4.96. The average molecular weight is 409 g/mol. The molecular formula is C25H23N5O. The summed E-state index contributed by atoms with van der Waals surface area (Å²) in [5.74, 6) is 0.972. The van der Waals surface area contributed by atoms with E-state index in [-0.39, 0.29) is 5.91 Å². The van der Waals surface area contributed by atoms with E-state index in [4.69, 9.17) is 0 Å². The first kappa shape index (κ1) is 19.1. The highest BCUT2D eigenvalue weighted by Crippen LogP contribution is 2.22. The Labute approximate surface area is 179 Å². The highest BCUT2D eigenvalue weighted by atomic mass is 16.2. The van der Waals surface area contributed by atoms with E-state index in [0.717, 1.165) is 44.5 Å². The summed E-state index contributed by atoms with van der Waals surface area (Å²) in [6.45, 7) is 0.576. The van der Waals surface area contributed by atoms with Crippen LogP contribution in [0.2, 0.25) is 0 Å². The number of para-hydroxylation sites is 2. The van der Waals surface area contributed by atoms with E-state index in [1.54, 1.807) is 11.1 Å². The zero-order valence-corrected chi connectivity index (χ0v) is 17.3. The molecule has 0 spiro atoms. The molecule has 0 saturated carbocycles. The molecule has 5 rings (SSSR count). The standard InChI is InChI=1S/C25H23N5O/c1-30(16-18-9-11-20-15-26-29-23(20)14-18)24(31)12-10-17-5-4-6-19(13-17)25-27-21-7-2-3-8-22(21)28-25/h2-9,11,13-15H,10,12,16H2,1H3,(H,26,29)(H,27,28). The van der Waals surface area contributed by atoms with Crippen LogP contribution in [0.5, 0.6) is 0 Å². The van der Waals surface area contributed by atoms with Gasteiger partial charge in [0.2, 0.25) is 5.91 Å². The molecule has 2 aromatic heterocycles. The van der Waals surface area contributed by atoms with Crippen LogP contribution in [-0.4, -0.2) is 38.0 Å². The second-order valence-corrected chi connectivity index (χ2v) is 7.84. The number of nitrogens with zero attached hydrogens (tertiary/aromatic N) is 3. The molecule has 6 nitrogen and oxygen atoms in total. The van der Waals surface area contributed by atoms with Crippen molar-refractivity contribution >= 4 is 27.8 Å². The molecule has 1 amide bonds. The Morgan fingerprint density at radius 3 is 2.77 bits per heavy atom. The number of imidazole rings is 1. The number of aromatic amines is 2. The van der Waals surface area contributed by atoms with Crippen molar-refractivity contribution in [3.05, 3.63) is 84.1 Å². The van der Waals surface area contributed by atoms with Crippen LogP contribution in [0.4, 0.5) is 0 Å². The fourth-order valence-electron chi connectivity index (χ4n) is 3.85. The van der Waals surface area contributed by atoms with Gasteiger partial charge in [0.15, 0.2) is 0 Å². The van der Waals surface area contributed by atoms with Crippen LogP contribution in [0, 0.1) is 0 Å². The van der Waals surface area contributed by atoms with Crippen molar-refractivity contribution in [2.24, 2.45) is 0 Å². The maximum atomic E-state index is 12.7. The summed E-state index contributed by atoms with van der Waals surface area (Å²) in [6, 6.07) is 22.3. The number of carbonyl (C=O) groups excluding carboxylic acids is 1. The van der Waals surface area contributed by atoms with Gasteiger partial charge in [-0.2, -0.15) is 5.10 Å². The van der Waals surface area contributed by atoms with E-state index in [1.165, 1.54) is 0 Å². The normalized spacial score (nSPS) is 11.3. The van der Waals surface area contributed by atoms with Crippen LogP contribution in [0.15, 0.2) is 72.9 Å². The number of fused-ring (bicyclic) bond motifs is 2. The monoisotopic (exact) mass is 409 g/mol. The third kappa shape index (κ3) is 4.05. The molecule has 3 aromatic carbocycles. The molecule has 0 unspecified atom stereocenters. The van der Waals surface area contributed by atoms with E-state index >= 15 is 0 Å². The van der Waals surface area contributed by atoms with E-state index in [2.05, 4.69) is 32.3 Å². The molecule has 154 valence electrons. The summed E-state index contributed by atoms with van der Waals surface area (Å²) in [7, 11) is 1.85. The SMILES string of the molecule is CN(Cc1ccc2cn[nH]c2c1)C(=O)CCc1cccc(-c2nc3ccccc3[nH]2)c1. The van der Waals surface area contributed by atoms with Crippen LogP contribution < -0.4 is 0 Å². The fourth-order valence-corrected chi connectivity index (χ4v) is 3.85. The molecule has 0 atom stereocenters. The molecule has 0 saturated heterocycles. The number of amides is 1. The largest absolute Gasteiger partial charge is 0.341 e. The summed E-state index contributed by atoms with van der Waals surface area (Å²) in [6.07, 6.45) is 2.96. The van der Waals surface area contributed by atoms with Gasteiger partial charge in [-0.05, 0) is 41.8 Å². The lowest BCUT2D eigenvalue weighted by atomic mass is 10.1. The highest BCUT2D eigenvalue weighted by Gasteiger charge is 2.11. The van der Waals surface area contributed by atoms with Crippen molar-refractivity contribution in [2.45, 2.75) is 19.4 Å². The number of rotatable bonds is 6. The van der Waals surface area contributed by atoms with Gasteiger partial charge in [-0.25, -0.2) is 4.98 Å². The molecule has 31 heavy (non-hydrogen) atoms. The van der Waals surface area contributed by atoms with Crippen molar-refractivity contribution in [1.29, 1.82) is 0 Å². The smallest absolute Gasteiger partial charge is 0.222 e. The minimum Gasteiger partial charge on any atom is -0.341 e. The zero-order chi connectivity index (χ0) is 21.2. The Balaban J connectivity index is 1.23. The summed E-state index contributed by atoms with van der Waals surface area (Å²) in [4.78, 5) is 22.5. The number of H-pyrrole nitrogens is 2. The molecule has 0 bridgehead atoms. The first-order valence-electron chi connectivity index (χ1n) is 10.4. The summed E-state index contributed by atoms with van der Waals surface area (Å²) >= 11 is 0. The first-order chi connectivity index (χ1) is 15.2. The minimum atomic E-state index is 0.124. The van der Waals surface area contributed by atoms with Gasteiger partial charge in [0.1, 0.15) is 5.82 Å². The number of benzene rings is 3. The van der Waals surface area contributed by atoms with E-state index < -0.39 is 0 Å². The van der Waals surface area contributed by atoms with Gasteiger partial charge >= 0.3 is 0 Å². The van der Waals surface area contributed by atoms with Crippen molar-refractivity contribution in [3.8, 4) is 11.4 Å². The van der Waals surface area contributed by atoms with E-state index in [1.807, 2.05) is 61.6 Å². The first-order valence-corrected chi connectivity index (χ1v) is 10.4. The number of carbonyl (C=O) groups is 1. The van der Waals surface area contributed by atoms with Crippen LogP contribution >= 0.6 is 0 Å². The molecule has 5 aromatic rings. The van der Waals surface area contributed by atoms with Gasteiger partial charge in [-0.1, -0.05) is 42.5 Å². The van der Waals surface area contributed by atoms with Crippen molar-refractivity contribution < 1.29 is 4.79 Å². The van der Waals surface area contributed by atoms with Gasteiger partial charge < -0.3 is 9.88 Å². The van der Waals surface area contributed by atoms with E-state index in [0.29, 0.717) is 19.4 Å². The second kappa shape index (κ2) is 8.07. The molecular weight excluding hydrogens is 386 g/mol. The molecule has 2 heterocycles. The Morgan fingerprint density at radius 2 is 1.87 bits per heavy atom. The molecule has 0 aliphatic rings. The van der Waals surface area contributed by atoms with Crippen molar-refractivity contribution in [1.82, 2.24) is 25.1 Å². The zero-order valence-electron chi connectivity index (χ0n) is 17.3. The van der Waals surface area contributed by atoms with E-state index in [9.17, 15) is 4.79 Å². The molecule has 6 heteroatoms. The number of aryl methyl sites for hydroxylation is 1. The number of hydrogen-bond donors (Lipinski definition) is 2. The lowest BCUT2D eigenvalue weighted by molar-refractivity contribution is -0.130. The predicted molar refractivity (Wildman–Crippen MR) is 122 cm³/mol. The van der Waals surface area contributed by atoms with Crippen LogP contribution in [0.25, 0.3) is 33.3 Å². The quantitative estimate of drug-likeness (QED) is 0.427. The summed E-state index contributed by atoms with van der Waals surface area (Å²) in [5, 5.41) is 8.10. The highest BCUT2D eigenvalue weighted by molar-refractivity contribution is 5.80. The summed E-state index contributed by atoms with van der Waals surface area (Å²) < 4.78 is 0. The van der Waals surface area contributed by atoms with Gasteiger partial charge in [0.25, 0.3) is 0 Å². The predicted octanol–water partition coefficient (Wildman–Crippen LogP) is 4.70. The third-order valence-corrected chi connectivity index (χ3v) is 5.57. The number of aromatic nitrogens is 4.